The molecule has 0 fully saturated rings. The SMILES string of the molecule is COCCOc1cc(NC(=O)N(C)CC(C)C(=O)O)ccc1OC. The highest BCUT2D eigenvalue weighted by Gasteiger charge is 2.18. The molecule has 24 heavy (non-hydrogen) atoms. The molecule has 0 spiro atoms. The molecule has 8 nitrogen and oxygen atoms in total. The molecule has 0 aliphatic heterocycles. The number of carbonyl (C=O) groups is 2. The molecule has 0 aliphatic carbocycles. The fraction of sp³-hybridized carbons (Fsp3) is 0.500. The number of hydrogen-bond acceptors (Lipinski definition) is 5. The quantitative estimate of drug-likeness (QED) is 0.667. The summed E-state index contributed by atoms with van der Waals surface area (Å²) in [7, 11) is 4.64. The number of aliphatic carboxylic acids is 1. The third kappa shape index (κ3) is 5.96. The zero-order valence-corrected chi connectivity index (χ0v) is 14.4. The summed E-state index contributed by atoms with van der Waals surface area (Å²) >= 11 is 0. The summed E-state index contributed by atoms with van der Waals surface area (Å²) in [6.45, 7) is 2.42. The van der Waals surface area contributed by atoms with E-state index in [0.29, 0.717) is 30.4 Å². The van der Waals surface area contributed by atoms with Gasteiger partial charge in [0.1, 0.15) is 6.61 Å². The number of urea groups is 1. The van der Waals surface area contributed by atoms with Crippen LogP contribution in [0.4, 0.5) is 10.5 Å². The number of hydrogen-bond donors (Lipinski definition) is 2. The molecule has 0 radical (unpaired) electrons. The number of nitrogens with one attached hydrogen (secondary N) is 1. The molecule has 134 valence electrons. The van der Waals surface area contributed by atoms with Crippen molar-refractivity contribution in [2.24, 2.45) is 5.92 Å². The van der Waals surface area contributed by atoms with E-state index >= 15 is 0 Å². The van der Waals surface area contributed by atoms with Crippen molar-refractivity contribution >= 4 is 17.7 Å². The van der Waals surface area contributed by atoms with Crippen LogP contribution in [0.25, 0.3) is 0 Å². The number of rotatable bonds is 9. The summed E-state index contributed by atoms with van der Waals surface area (Å²) < 4.78 is 15.7. The van der Waals surface area contributed by atoms with Gasteiger partial charge in [0.25, 0.3) is 0 Å². The Labute approximate surface area is 141 Å². The van der Waals surface area contributed by atoms with Crippen LogP contribution in [-0.2, 0) is 9.53 Å². The van der Waals surface area contributed by atoms with Gasteiger partial charge in [0, 0.05) is 32.5 Å². The first kappa shape index (κ1) is 19.6. The first-order valence-corrected chi connectivity index (χ1v) is 7.43. The van der Waals surface area contributed by atoms with E-state index in [-0.39, 0.29) is 6.54 Å². The van der Waals surface area contributed by atoms with Gasteiger partial charge in [0.15, 0.2) is 11.5 Å². The average molecular weight is 340 g/mol. The summed E-state index contributed by atoms with van der Waals surface area (Å²) in [6, 6.07) is 4.59. The maximum absolute atomic E-state index is 12.1. The van der Waals surface area contributed by atoms with E-state index < -0.39 is 17.9 Å². The van der Waals surface area contributed by atoms with Crippen LogP contribution in [-0.4, -0.2) is 63.0 Å². The van der Waals surface area contributed by atoms with Gasteiger partial charge in [0.2, 0.25) is 0 Å². The van der Waals surface area contributed by atoms with Crippen molar-refractivity contribution in [2.75, 3.05) is 46.3 Å². The predicted molar refractivity (Wildman–Crippen MR) is 88.8 cm³/mol. The normalized spacial score (nSPS) is 11.5. The van der Waals surface area contributed by atoms with Crippen LogP contribution < -0.4 is 14.8 Å². The highest BCUT2D eigenvalue weighted by Crippen LogP contribution is 2.30. The van der Waals surface area contributed by atoms with Crippen LogP contribution in [0.3, 0.4) is 0 Å². The van der Waals surface area contributed by atoms with Crippen molar-refractivity contribution in [1.29, 1.82) is 0 Å². The zero-order valence-electron chi connectivity index (χ0n) is 14.4. The fourth-order valence-corrected chi connectivity index (χ4v) is 1.89. The molecule has 2 amide bonds. The lowest BCUT2D eigenvalue weighted by molar-refractivity contribution is -0.141. The number of amides is 2. The Hall–Kier alpha value is -2.48. The van der Waals surface area contributed by atoms with Crippen LogP contribution in [0.1, 0.15) is 6.92 Å². The summed E-state index contributed by atoms with van der Waals surface area (Å²) in [4.78, 5) is 24.3. The first-order chi connectivity index (χ1) is 11.4. The van der Waals surface area contributed by atoms with Crippen molar-refractivity contribution in [2.45, 2.75) is 6.92 Å². The summed E-state index contributed by atoms with van der Waals surface area (Å²) in [5, 5.41) is 11.6. The average Bonchev–Trinajstić information content (AvgIpc) is 2.55. The third-order valence-corrected chi connectivity index (χ3v) is 3.28. The minimum Gasteiger partial charge on any atom is -0.493 e. The van der Waals surface area contributed by atoms with Crippen LogP contribution in [0.2, 0.25) is 0 Å². The number of methoxy groups -OCH3 is 2. The van der Waals surface area contributed by atoms with Gasteiger partial charge in [-0.3, -0.25) is 4.79 Å². The highest BCUT2D eigenvalue weighted by molar-refractivity contribution is 5.89. The van der Waals surface area contributed by atoms with E-state index in [4.69, 9.17) is 19.3 Å². The number of carbonyl (C=O) groups excluding carboxylic acids is 1. The second-order valence-electron chi connectivity index (χ2n) is 5.26. The molecule has 0 saturated heterocycles. The Morgan fingerprint density at radius 1 is 1.25 bits per heavy atom. The van der Waals surface area contributed by atoms with Gasteiger partial charge in [-0.25, -0.2) is 4.79 Å². The van der Waals surface area contributed by atoms with Gasteiger partial charge >= 0.3 is 12.0 Å². The second kappa shape index (κ2) is 9.61. The molecule has 0 heterocycles. The number of carboxylic acid groups (broad SMARTS) is 1. The molecule has 8 heteroatoms. The van der Waals surface area contributed by atoms with E-state index in [9.17, 15) is 9.59 Å². The first-order valence-electron chi connectivity index (χ1n) is 7.43. The molecule has 1 rings (SSSR count). The molecule has 0 bridgehead atoms. The Balaban J connectivity index is 2.74. The van der Waals surface area contributed by atoms with Crippen LogP contribution in [0.15, 0.2) is 18.2 Å². The largest absolute Gasteiger partial charge is 0.493 e. The fourth-order valence-electron chi connectivity index (χ4n) is 1.89. The molecule has 1 unspecified atom stereocenters. The number of anilines is 1. The van der Waals surface area contributed by atoms with Crippen molar-refractivity contribution < 1.29 is 28.9 Å². The predicted octanol–water partition coefficient (Wildman–Crippen LogP) is 1.90. The smallest absolute Gasteiger partial charge is 0.321 e. The summed E-state index contributed by atoms with van der Waals surface area (Å²) in [5.74, 6) is -0.580. The second-order valence-corrected chi connectivity index (χ2v) is 5.26. The highest BCUT2D eigenvalue weighted by atomic mass is 16.5. The van der Waals surface area contributed by atoms with Crippen LogP contribution >= 0.6 is 0 Å². The van der Waals surface area contributed by atoms with Crippen LogP contribution in [0, 0.1) is 5.92 Å². The lowest BCUT2D eigenvalue weighted by Crippen LogP contribution is -2.36. The molecule has 1 aromatic rings. The molecule has 1 atom stereocenters. The van der Waals surface area contributed by atoms with E-state index in [1.807, 2.05) is 0 Å². The number of carboxylic acids is 1. The minimum atomic E-state index is -0.951. The lowest BCUT2D eigenvalue weighted by atomic mass is 10.2. The van der Waals surface area contributed by atoms with E-state index in [2.05, 4.69) is 5.32 Å². The van der Waals surface area contributed by atoms with Gasteiger partial charge in [-0.2, -0.15) is 0 Å². The molecule has 1 aromatic carbocycles. The van der Waals surface area contributed by atoms with E-state index in [1.165, 1.54) is 19.1 Å². The molecule has 2 N–H and O–H groups in total. The standard InChI is InChI=1S/C16H24N2O6/c1-11(15(19)20)10-18(2)16(21)17-12-5-6-13(23-4)14(9-12)24-8-7-22-3/h5-6,9,11H,7-8,10H2,1-4H3,(H,17,21)(H,19,20). The monoisotopic (exact) mass is 340 g/mol. The van der Waals surface area contributed by atoms with Gasteiger partial charge in [-0.1, -0.05) is 6.92 Å². The minimum absolute atomic E-state index is 0.106. The number of benzene rings is 1. The summed E-state index contributed by atoms with van der Waals surface area (Å²) in [5.41, 5.74) is 0.517. The van der Waals surface area contributed by atoms with Gasteiger partial charge < -0.3 is 29.5 Å². The Morgan fingerprint density at radius 2 is 1.96 bits per heavy atom. The number of ether oxygens (including phenoxy) is 3. The van der Waals surface area contributed by atoms with Crippen molar-refractivity contribution in [3.63, 3.8) is 0 Å². The maximum atomic E-state index is 12.1. The van der Waals surface area contributed by atoms with Gasteiger partial charge in [0.05, 0.1) is 19.6 Å². The van der Waals surface area contributed by atoms with Crippen LogP contribution in [0.5, 0.6) is 11.5 Å². The summed E-state index contributed by atoms with van der Waals surface area (Å²) in [6.07, 6.45) is 0. The Bertz CT molecular complexity index is 563. The molecular formula is C16H24N2O6. The van der Waals surface area contributed by atoms with Gasteiger partial charge in [-0.05, 0) is 12.1 Å². The molecular weight excluding hydrogens is 316 g/mol. The molecule has 0 aromatic heterocycles. The maximum Gasteiger partial charge on any atom is 0.321 e. The van der Waals surface area contributed by atoms with Gasteiger partial charge in [-0.15, -0.1) is 0 Å². The Kier molecular flexibility index (Phi) is 7.84. The third-order valence-electron chi connectivity index (χ3n) is 3.28. The lowest BCUT2D eigenvalue weighted by Gasteiger charge is -2.20. The molecule has 0 saturated carbocycles. The topological polar surface area (TPSA) is 97.3 Å². The van der Waals surface area contributed by atoms with E-state index in [0.717, 1.165) is 0 Å². The van der Waals surface area contributed by atoms with Crippen molar-refractivity contribution in [3.8, 4) is 11.5 Å². The van der Waals surface area contributed by atoms with Crippen molar-refractivity contribution in [1.82, 2.24) is 4.90 Å². The molecule has 0 aliphatic rings. The van der Waals surface area contributed by atoms with Crippen molar-refractivity contribution in [3.05, 3.63) is 18.2 Å². The zero-order chi connectivity index (χ0) is 18.1. The number of nitrogens with zero attached hydrogens (tertiary/aromatic N) is 1. The van der Waals surface area contributed by atoms with E-state index in [1.54, 1.807) is 32.2 Å². The Morgan fingerprint density at radius 3 is 2.54 bits per heavy atom.